The Hall–Kier alpha value is -4.64. The zero-order valence-electron chi connectivity index (χ0n) is 22.2. The van der Waals surface area contributed by atoms with Gasteiger partial charge in [0.25, 0.3) is 0 Å². The molecule has 0 atom stereocenters. The van der Waals surface area contributed by atoms with E-state index in [1.807, 2.05) is 37.4 Å². The van der Waals surface area contributed by atoms with Crippen molar-refractivity contribution in [2.75, 3.05) is 28.7 Å². The highest BCUT2D eigenvalue weighted by Crippen LogP contribution is 2.34. The number of benzene rings is 2. The summed E-state index contributed by atoms with van der Waals surface area (Å²) >= 11 is 6.58. The van der Waals surface area contributed by atoms with Gasteiger partial charge in [-0.1, -0.05) is 38.4 Å². The van der Waals surface area contributed by atoms with E-state index < -0.39 is 6.03 Å². The third kappa shape index (κ3) is 5.08. The summed E-state index contributed by atoms with van der Waals surface area (Å²) in [5.41, 5.74) is 10.9. The Morgan fingerprint density at radius 2 is 1.74 bits per heavy atom. The number of halogens is 1. The van der Waals surface area contributed by atoms with Crippen molar-refractivity contribution in [3.63, 3.8) is 0 Å². The minimum atomic E-state index is -0.459. The molecule has 0 radical (unpaired) electrons. The molecular weight excluding hydrogens is 516 g/mol. The highest BCUT2D eigenvalue weighted by atomic mass is 35.5. The lowest BCUT2D eigenvalue weighted by Gasteiger charge is -2.14. The predicted molar refractivity (Wildman–Crippen MR) is 156 cm³/mol. The first-order valence-electron chi connectivity index (χ1n) is 12.2. The van der Waals surface area contributed by atoms with Gasteiger partial charge in [-0.15, -0.1) is 0 Å². The van der Waals surface area contributed by atoms with E-state index in [1.54, 1.807) is 34.6 Å². The summed E-state index contributed by atoms with van der Waals surface area (Å²) in [7, 11) is 3.64. The second kappa shape index (κ2) is 9.91. The topological polar surface area (TPSA) is 141 Å². The Bertz CT molecular complexity index is 1680. The molecule has 0 saturated carbocycles. The van der Waals surface area contributed by atoms with Crippen LogP contribution in [0.5, 0.6) is 0 Å². The number of urea groups is 1. The van der Waals surface area contributed by atoms with Gasteiger partial charge in [0.2, 0.25) is 0 Å². The normalized spacial score (nSPS) is 11.5. The molecule has 11 nitrogen and oxygen atoms in total. The molecule has 3 aromatic heterocycles. The molecule has 0 aliphatic heterocycles. The van der Waals surface area contributed by atoms with E-state index in [-0.39, 0.29) is 5.41 Å². The number of nitrogens with two attached hydrogens (primary N) is 1. The molecule has 5 N–H and O–H groups in total. The second-order valence-corrected chi connectivity index (χ2v) is 10.5. The SMILES string of the molecule is CNc1ccc(-n2nc(C(C)(C)C)cc2NC(=O)Nc2ccc(-c3nn(C)c4ncnc(N)c34)cc2Cl)cc1. The van der Waals surface area contributed by atoms with Crippen LogP contribution in [0.25, 0.3) is 28.0 Å². The summed E-state index contributed by atoms with van der Waals surface area (Å²) in [5, 5.41) is 19.1. The number of nitrogens with zero attached hydrogens (tertiary/aromatic N) is 6. The average molecular weight is 545 g/mol. The van der Waals surface area contributed by atoms with Gasteiger partial charge >= 0.3 is 6.03 Å². The average Bonchev–Trinajstić information content (AvgIpc) is 3.47. The van der Waals surface area contributed by atoms with Gasteiger partial charge in [0.15, 0.2) is 5.65 Å². The van der Waals surface area contributed by atoms with Gasteiger partial charge in [-0.2, -0.15) is 10.2 Å². The fraction of sp³-hybridized carbons (Fsp3) is 0.222. The maximum absolute atomic E-state index is 13.1. The van der Waals surface area contributed by atoms with E-state index in [4.69, 9.17) is 22.4 Å². The minimum Gasteiger partial charge on any atom is -0.388 e. The van der Waals surface area contributed by atoms with Crippen LogP contribution in [0.15, 0.2) is 54.9 Å². The molecular formula is C27H29ClN10O. The van der Waals surface area contributed by atoms with Crippen LogP contribution in [0.3, 0.4) is 0 Å². The third-order valence-electron chi connectivity index (χ3n) is 6.26. The Balaban J connectivity index is 1.41. The molecule has 12 heteroatoms. The number of fused-ring (bicyclic) bond motifs is 1. The van der Waals surface area contributed by atoms with Crippen LogP contribution >= 0.6 is 11.6 Å². The maximum atomic E-state index is 13.1. The standard InChI is InChI=1S/C27H29ClN10O/c1-27(2,3)20-13-21(38(35-20)17-9-7-16(30-4)8-10-17)34-26(39)33-19-11-6-15(12-18(19)28)23-22-24(29)31-14-32-25(22)37(5)36-23/h6-14,30H,1-5H3,(H2,29,31,32)(H2,33,34,39). The molecule has 200 valence electrons. The summed E-state index contributed by atoms with van der Waals surface area (Å²) in [6.07, 6.45) is 1.40. The predicted octanol–water partition coefficient (Wildman–Crippen LogP) is 5.43. The van der Waals surface area contributed by atoms with Gasteiger partial charge in [-0.25, -0.2) is 24.1 Å². The van der Waals surface area contributed by atoms with Crippen molar-refractivity contribution in [2.45, 2.75) is 26.2 Å². The lowest BCUT2D eigenvalue weighted by atomic mass is 9.92. The number of aryl methyl sites for hydroxylation is 1. The van der Waals surface area contributed by atoms with Gasteiger partial charge in [-0.05, 0) is 36.4 Å². The summed E-state index contributed by atoms with van der Waals surface area (Å²) < 4.78 is 3.35. The maximum Gasteiger partial charge on any atom is 0.324 e. The molecule has 0 bridgehead atoms. The molecule has 2 aromatic carbocycles. The van der Waals surface area contributed by atoms with Crippen LogP contribution in [0.1, 0.15) is 26.5 Å². The van der Waals surface area contributed by atoms with Crippen LogP contribution < -0.4 is 21.7 Å². The molecule has 0 fully saturated rings. The van der Waals surface area contributed by atoms with E-state index in [0.29, 0.717) is 39.1 Å². The van der Waals surface area contributed by atoms with Gasteiger partial charge in [-0.3, -0.25) is 5.32 Å². The monoisotopic (exact) mass is 544 g/mol. The lowest BCUT2D eigenvalue weighted by molar-refractivity contribution is 0.262. The number of amides is 2. The quantitative estimate of drug-likeness (QED) is 0.231. The minimum absolute atomic E-state index is 0.216. The van der Waals surface area contributed by atoms with Crippen molar-refractivity contribution in [1.82, 2.24) is 29.5 Å². The van der Waals surface area contributed by atoms with Crippen LogP contribution in [-0.4, -0.2) is 42.6 Å². The number of carbonyl (C=O) groups excluding carboxylic acids is 1. The first-order chi connectivity index (χ1) is 18.5. The van der Waals surface area contributed by atoms with Crippen LogP contribution in [0.4, 0.5) is 27.8 Å². The Labute approximate surface area is 230 Å². The van der Waals surface area contributed by atoms with Crippen molar-refractivity contribution in [1.29, 1.82) is 0 Å². The molecule has 0 aliphatic rings. The van der Waals surface area contributed by atoms with Gasteiger partial charge < -0.3 is 16.4 Å². The van der Waals surface area contributed by atoms with Crippen molar-refractivity contribution >= 4 is 51.7 Å². The summed E-state index contributed by atoms with van der Waals surface area (Å²) in [4.78, 5) is 21.4. The van der Waals surface area contributed by atoms with Crippen molar-refractivity contribution < 1.29 is 4.79 Å². The van der Waals surface area contributed by atoms with E-state index in [1.165, 1.54) is 6.33 Å². The number of carbonyl (C=O) groups is 1. The highest BCUT2D eigenvalue weighted by molar-refractivity contribution is 6.34. The first-order valence-corrected chi connectivity index (χ1v) is 12.6. The smallest absolute Gasteiger partial charge is 0.324 e. The van der Waals surface area contributed by atoms with E-state index in [0.717, 1.165) is 22.6 Å². The molecule has 5 aromatic rings. The Kier molecular flexibility index (Phi) is 6.61. The third-order valence-corrected chi connectivity index (χ3v) is 6.57. The Morgan fingerprint density at radius 1 is 1.00 bits per heavy atom. The van der Waals surface area contributed by atoms with Gasteiger partial charge in [0, 0.05) is 36.8 Å². The molecule has 39 heavy (non-hydrogen) atoms. The molecule has 5 rings (SSSR count). The zero-order chi connectivity index (χ0) is 27.9. The summed E-state index contributed by atoms with van der Waals surface area (Å²) in [5.74, 6) is 0.852. The Morgan fingerprint density at radius 3 is 2.41 bits per heavy atom. The number of nitrogens with one attached hydrogen (secondary N) is 3. The fourth-order valence-corrected chi connectivity index (χ4v) is 4.38. The summed E-state index contributed by atoms with van der Waals surface area (Å²) in [6.45, 7) is 6.21. The first kappa shape index (κ1) is 26.0. The number of nitrogen functional groups attached to an aromatic ring is 1. The highest BCUT2D eigenvalue weighted by Gasteiger charge is 2.22. The summed E-state index contributed by atoms with van der Waals surface area (Å²) in [6, 6.07) is 14.4. The molecule has 0 aliphatic carbocycles. The van der Waals surface area contributed by atoms with Crippen molar-refractivity contribution in [3.05, 3.63) is 65.6 Å². The molecule has 0 saturated heterocycles. The number of aromatic nitrogens is 6. The molecule has 2 amide bonds. The molecule has 0 unspecified atom stereocenters. The van der Waals surface area contributed by atoms with Gasteiger partial charge in [0.1, 0.15) is 23.7 Å². The second-order valence-electron chi connectivity index (χ2n) is 10.1. The van der Waals surface area contributed by atoms with E-state index >= 15 is 0 Å². The number of hydrogen-bond donors (Lipinski definition) is 4. The van der Waals surface area contributed by atoms with Crippen molar-refractivity contribution in [2.24, 2.45) is 7.05 Å². The largest absolute Gasteiger partial charge is 0.388 e. The van der Waals surface area contributed by atoms with E-state index in [9.17, 15) is 4.79 Å². The zero-order valence-corrected chi connectivity index (χ0v) is 23.0. The number of rotatable bonds is 5. The van der Waals surface area contributed by atoms with E-state index in [2.05, 4.69) is 51.8 Å². The molecule has 0 spiro atoms. The van der Waals surface area contributed by atoms with Crippen LogP contribution in [-0.2, 0) is 12.5 Å². The lowest BCUT2D eigenvalue weighted by Crippen LogP contribution is -2.21. The van der Waals surface area contributed by atoms with Gasteiger partial charge in [0.05, 0.1) is 27.5 Å². The van der Waals surface area contributed by atoms with Crippen LogP contribution in [0, 0.1) is 0 Å². The fourth-order valence-electron chi connectivity index (χ4n) is 4.15. The molecule has 3 heterocycles. The number of anilines is 4. The van der Waals surface area contributed by atoms with Crippen molar-refractivity contribution in [3.8, 4) is 16.9 Å². The van der Waals surface area contributed by atoms with Crippen LogP contribution in [0.2, 0.25) is 5.02 Å². The number of hydrogen-bond acceptors (Lipinski definition) is 7.